The Balaban J connectivity index is 1.26. The van der Waals surface area contributed by atoms with E-state index >= 15 is 0 Å². The molecule has 2 aromatic heterocycles. The Kier molecular flexibility index (Phi) is 5.43. The topological polar surface area (TPSA) is 60.3 Å². The van der Waals surface area contributed by atoms with Crippen LogP contribution in [0, 0.1) is 6.92 Å². The van der Waals surface area contributed by atoms with E-state index in [0.29, 0.717) is 6.04 Å². The molecule has 4 heterocycles. The summed E-state index contributed by atoms with van der Waals surface area (Å²) in [5.41, 5.74) is 2.17. The number of nitrogens with one attached hydrogen (secondary N) is 2. The van der Waals surface area contributed by atoms with Gasteiger partial charge in [0.25, 0.3) is 0 Å². The van der Waals surface area contributed by atoms with Gasteiger partial charge < -0.3 is 19.5 Å². The Bertz CT molecular complexity index is 693. The average Bonchev–Trinajstić information content (AvgIpc) is 3.29. The van der Waals surface area contributed by atoms with Crippen LogP contribution in [0.15, 0.2) is 22.7 Å². The molecule has 6 nitrogen and oxygen atoms in total. The van der Waals surface area contributed by atoms with Gasteiger partial charge >= 0.3 is 0 Å². The molecule has 0 aromatic carbocycles. The highest BCUT2D eigenvalue weighted by Crippen LogP contribution is 2.24. The first kappa shape index (κ1) is 17.8. The van der Waals surface area contributed by atoms with Gasteiger partial charge in [-0.25, -0.2) is 0 Å². The summed E-state index contributed by atoms with van der Waals surface area (Å²) in [5, 5.41) is 11.0. The summed E-state index contributed by atoms with van der Waals surface area (Å²) in [5.74, 6) is 1.80. The van der Waals surface area contributed by atoms with E-state index in [9.17, 15) is 0 Å². The quantitative estimate of drug-likeness (QED) is 0.861. The van der Waals surface area contributed by atoms with Gasteiger partial charge in [-0.3, -0.25) is 5.10 Å². The number of hydrogen-bond acceptors (Lipinski definition) is 5. The molecule has 0 aliphatic carbocycles. The van der Waals surface area contributed by atoms with Crippen LogP contribution in [0.25, 0.3) is 11.5 Å². The highest BCUT2D eigenvalue weighted by Gasteiger charge is 2.27. The fraction of sp³-hybridized carbons (Fsp3) is 0.650. The van der Waals surface area contributed by atoms with E-state index in [-0.39, 0.29) is 0 Å². The molecule has 0 saturated carbocycles. The van der Waals surface area contributed by atoms with Gasteiger partial charge in [0.1, 0.15) is 11.5 Å². The number of nitrogens with zero attached hydrogens (tertiary/aromatic N) is 3. The highest BCUT2D eigenvalue weighted by molar-refractivity contribution is 5.56. The minimum absolute atomic E-state index is 0.596. The monoisotopic (exact) mass is 357 g/mol. The van der Waals surface area contributed by atoms with Crippen LogP contribution < -0.4 is 5.32 Å². The molecule has 0 atom stereocenters. The molecule has 2 aliphatic rings. The Hall–Kier alpha value is -1.63. The molecular weight excluding hydrogens is 326 g/mol. The molecule has 0 unspecified atom stereocenters. The lowest BCUT2D eigenvalue weighted by Crippen LogP contribution is -2.49. The summed E-state index contributed by atoms with van der Waals surface area (Å²) >= 11 is 0. The smallest absolute Gasteiger partial charge is 0.152 e. The van der Waals surface area contributed by atoms with Crippen molar-refractivity contribution in [3.05, 3.63) is 29.7 Å². The Morgan fingerprint density at radius 2 is 1.92 bits per heavy atom. The number of aromatic nitrogens is 2. The predicted octanol–water partition coefficient (Wildman–Crippen LogP) is 2.63. The van der Waals surface area contributed by atoms with Gasteiger partial charge in [0.05, 0.1) is 6.20 Å². The minimum Gasteiger partial charge on any atom is -0.460 e. The first-order valence-corrected chi connectivity index (χ1v) is 9.94. The summed E-state index contributed by atoms with van der Waals surface area (Å²) in [6, 6.07) is 5.40. The van der Waals surface area contributed by atoms with Gasteiger partial charge in [-0.2, -0.15) is 5.10 Å². The van der Waals surface area contributed by atoms with Crippen LogP contribution in [0.5, 0.6) is 0 Å². The third-order valence-electron chi connectivity index (χ3n) is 6.02. The van der Waals surface area contributed by atoms with Crippen molar-refractivity contribution in [3.8, 4) is 11.5 Å². The maximum Gasteiger partial charge on any atom is 0.152 e. The molecule has 0 bridgehead atoms. The Morgan fingerprint density at radius 1 is 1.15 bits per heavy atom. The van der Waals surface area contributed by atoms with Gasteiger partial charge in [-0.15, -0.1) is 0 Å². The maximum absolute atomic E-state index is 5.74. The predicted molar refractivity (Wildman–Crippen MR) is 103 cm³/mol. The van der Waals surface area contributed by atoms with Crippen molar-refractivity contribution in [2.24, 2.45) is 0 Å². The number of piperidine rings is 2. The molecule has 2 N–H and O–H groups in total. The van der Waals surface area contributed by atoms with E-state index in [1.807, 2.05) is 25.3 Å². The Morgan fingerprint density at radius 3 is 2.62 bits per heavy atom. The fourth-order valence-electron chi connectivity index (χ4n) is 4.31. The van der Waals surface area contributed by atoms with Crippen molar-refractivity contribution < 1.29 is 4.42 Å². The summed E-state index contributed by atoms with van der Waals surface area (Å²) in [4.78, 5) is 5.17. The lowest BCUT2D eigenvalue weighted by atomic mass is 9.98. The number of aromatic amines is 1. The molecule has 142 valence electrons. The number of aryl methyl sites for hydroxylation is 1. The van der Waals surface area contributed by atoms with Gasteiger partial charge in [0, 0.05) is 24.2 Å². The van der Waals surface area contributed by atoms with Crippen molar-refractivity contribution in [1.29, 1.82) is 0 Å². The third kappa shape index (κ3) is 4.03. The van der Waals surface area contributed by atoms with Crippen molar-refractivity contribution in [3.63, 3.8) is 0 Å². The van der Waals surface area contributed by atoms with Crippen LogP contribution in [-0.4, -0.2) is 65.3 Å². The first-order chi connectivity index (χ1) is 12.7. The number of H-pyrrole nitrogens is 1. The second kappa shape index (κ2) is 7.94. The van der Waals surface area contributed by atoms with E-state index in [1.165, 1.54) is 57.4 Å². The van der Waals surface area contributed by atoms with Crippen LogP contribution in [0.4, 0.5) is 0 Å². The van der Waals surface area contributed by atoms with Gasteiger partial charge in [-0.05, 0) is 78.0 Å². The summed E-state index contributed by atoms with van der Waals surface area (Å²) < 4.78 is 5.74. The molecule has 2 aromatic rings. The average molecular weight is 358 g/mol. The maximum atomic E-state index is 5.74. The normalized spacial score (nSPS) is 21.5. The molecule has 0 spiro atoms. The number of likely N-dealkylation sites (tertiary alicyclic amines) is 2. The van der Waals surface area contributed by atoms with Crippen molar-refractivity contribution in [2.75, 3.05) is 33.2 Å². The van der Waals surface area contributed by atoms with Crippen molar-refractivity contribution in [1.82, 2.24) is 25.3 Å². The van der Waals surface area contributed by atoms with Gasteiger partial charge in [0.15, 0.2) is 5.76 Å². The molecule has 2 fully saturated rings. The SMILES string of the molecule is Cc1ccc(-c2[nH]ncc2CNC2CCN(C3CCN(C)CC3)CC2)o1. The van der Waals surface area contributed by atoms with E-state index in [0.717, 1.165) is 29.8 Å². The standard InChI is InChI=1S/C20H31N5O/c1-15-3-4-19(26-15)20-16(14-22-23-20)13-21-17-5-11-25(12-6-17)18-7-9-24(2)10-8-18/h3-4,14,17-18,21H,5-13H2,1-2H3,(H,22,23). The molecule has 2 aliphatic heterocycles. The largest absolute Gasteiger partial charge is 0.460 e. The molecule has 6 heteroatoms. The summed E-state index contributed by atoms with van der Waals surface area (Å²) in [6.07, 6.45) is 7.04. The van der Waals surface area contributed by atoms with Crippen LogP contribution in [0.2, 0.25) is 0 Å². The van der Waals surface area contributed by atoms with E-state index in [4.69, 9.17) is 4.42 Å². The number of furan rings is 1. The van der Waals surface area contributed by atoms with Crippen molar-refractivity contribution >= 4 is 0 Å². The highest BCUT2D eigenvalue weighted by atomic mass is 16.3. The number of hydrogen-bond donors (Lipinski definition) is 2. The zero-order valence-electron chi connectivity index (χ0n) is 16.0. The third-order valence-corrected chi connectivity index (χ3v) is 6.02. The zero-order valence-corrected chi connectivity index (χ0v) is 16.0. The van der Waals surface area contributed by atoms with Crippen molar-refractivity contribution in [2.45, 2.75) is 51.2 Å². The lowest BCUT2D eigenvalue weighted by Gasteiger charge is -2.41. The van der Waals surface area contributed by atoms with E-state index in [2.05, 4.69) is 32.4 Å². The summed E-state index contributed by atoms with van der Waals surface area (Å²) in [6.45, 7) is 7.75. The second-order valence-electron chi connectivity index (χ2n) is 7.91. The summed E-state index contributed by atoms with van der Waals surface area (Å²) in [7, 11) is 2.24. The van der Waals surface area contributed by atoms with Crippen LogP contribution in [0.1, 0.15) is 37.0 Å². The minimum atomic E-state index is 0.596. The first-order valence-electron chi connectivity index (χ1n) is 9.94. The lowest BCUT2D eigenvalue weighted by molar-refractivity contribution is 0.0921. The zero-order chi connectivity index (χ0) is 17.9. The van der Waals surface area contributed by atoms with Crippen LogP contribution in [0.3, 0.4) is 0 Å². The second-order valence-corrected chi connectivity index (χ2v) is 7.91. The van der Waals surface area contributed by atoms with Gasteiger partial charge in [0.2, 0.25) is 0 Å². The molecule has 4 rings (SSSR count). The molecular formula is C20H31N5O. The molecule has 0 amide bonds. The van der Waals surface area contributed by atoms with E-state index in [1.54, 1.807) is 0 Å². The molecule has 2 saturated heterocycles. The number of rotatable bonds is 5. The fourth-order valence-corrected chi connectivity index (χ4v) is 4.31. The molecule has 26 heavy (non-hydrogen) atoms. The van der Waals surface area contributed by atoms with Crippen LogP contribution >= 0.6 is 0 Å². The Labute approximate surface area is 155 Å². The molecule has 0 radical (unpaired) electrons. The van der Waals surface area contributed by atoms with Gasteiger partial charge in [-0.1, -0.05) is 0 Å². The van der Waals surface area contributed by atoms with Crippen LogP contribution in [-0.2, 0) is 6.54 Å². The van der Waals surface area contributed by atoms with E-state index < -0.39 is 0 Å².